The van der Waals surface area contributed by atoms with Crippen molar-refractivity contribution >= 4 is 17.5 Å². The van der Waals surface area contributed by atoms with E-state index in [-0.39, 0.29) is 40.2 Å². The van der Waals surface area contributed by atoms with E-state index in [1.165, 1.54) is 0 Å². The first-order valence-corrected chi connectivity index (χ1v) is 13.2. The molecule has 5 rings (SSSR count). The zero-order valence-corrected chi connectivity index (χ0v) is 21.1. The summed E-state index contributed by atoms with van der Waals surface area (Å²) < 4.78 is 11.9. The molecule has 0 aromatic carbocycles. The number of carboxylic acids is 1. The Hall–Kier alpha value is -1.65. The lowest BCUT2D eigenvalue weighted by atomic mass is 9.46. The van der Waals surface area contributed by atoms with Gasteiger partial charge in [0.15, 0.2) is 18.2 Å². The van der Waals surface area contributed by atoms with Crippen LogP contribution in [0.5, 0.6) is 0 Å². The van der Waals surface area contributed by atoms with E-state index in [2.05, 4.69) is 13.8 Å². The third-order valence-electron chi connectivity index (χ3n) is 10.5. The van der Waals surface area contributed by atoms with Gasteiger partial charge in [-0.1, -0.05) is 19.4 Å². The molecule has 0 amide bonds. The van der Waals surface area contributed by atoms with Gasteiger partial charge in [0, 0.05) is 12.3 Å². The van der Waals surface area contributed by atoms with Crippen molar-refractivity contribution in [2.45, 2.75) is 103 Å². The number of Topliss-reactive ketones (excluding diaryl/α,β-unsaturated/α-hetero) is 1. The number of carbonyl (C=O) groups is 3. The van der Waals surface area contributed by atoms with Crippen LogP contribution < -0.4 is 0 Å². The molecule has 0 aromatic rings. The van der Waals surface area contributed by atoms with Gasteiger partial charge in [0.1, 0.15) is 24.1 Å². The monoisotopic (exact) mass is 506 g/mol. The third-order valence-corrected chi connectivity index (χ3v) is 10.5. The van der Waals surface area contributed by atoms with Gasteiger partial charge in [0.05, 0.1) is 6.10 Å². The molecule has 4 fully saturated rings. The summed E-state index contributed by atoms with van der Waals surface area (Å²) in [4.78, 5) is 36.6. The fourth-order valence-corrected chi connectivity index (χ4v) is 8.78. The van der Waals surface area contributed by atoms with Gasteiger partial charge >= 0.3 is 5.97 Å². The number of aliphatic carboxylic acids is 1. The van der Waals surface area contributed by atoms with E-state index >= 15 is 0 Å². The van der Waals surface area contributed by atoms with E-state index in [1.54, 1.807) is 13.0 Å². The van der Waals surface area contributed by atoms with Crippen LogP contribution in [0, 0.1) is 34.5 Å². The van der Waals surface area contributed by atoms with E-state index in [1.807, 2.05) is 0 Å². The van der Waals surface area contributed by atoms with Crippen molar-refractivity contribution in [1.82, 2.24) is 0 Å². The zero-order chi connectivity index (χ0) is 26.2. The van der Waals surface area contributed by atoms with Gasteiger partial charge in [-0.3, -0.25) is 9.59 Å². The van der Waals surface area contributed by atoms with E-state index in [0.29, 0.717) is 25.2 Å². The van der Waals surface area contributed by atoms with Crippen molar-refractivity contribution in [2.24, 2.45) is 34.5 Å². The second kappa shape index (κ2) is 8.98. The van der Waals surface area contributed by atoms with Crippen LogP contribution in [-0.4, -0.2) is 74.8 Å². The maximum Gasteiger partial charge on any atom is 0.335 e. The number of rotatable bonds is 4. The summed E-state index contributed by atoms with van der Waals surface area (Å²) in [6.45, 7) is 5.97. The van der Waals surface area contributed by atoms with Crippen molar-refractivity contribution in [3.63, 3.8) is 0 Å². The summed E-state index contributed by atoms with van der Waals surface area (Å²) in [5.74, 6) is -0.737. The van der Waals surface area contributed by atoms with Gasteiger partial charge in [0.2, 0.25) is 0 Å². The molecule has 5 aliphatic rings. The maximum absolute atomic E-state index is 12.7. The molecule has 0 aromatic heterocycles. The van der Waals surface area contributed by atoms with Gasteiger partial charge in [-0.25, -0.2) is 4.79 Å². The summed E-state index contributed by atoms with van der Waals surface area (Å²) in [5, 5.41) is 40.7. The highest BCUT2D eigenvalue weighted by Crippen LogP contribution is 2.67. The van der Waals surface area contributed by atoms with E-state index in [4.69, 9.17) is 9.47 Å². The number of hydrogen-bond acceptors (Lipinski definition) is 8. The van der Waals surface area contributed by atoms with Crippen LogP contribution in [0.15, 0.2) is 11.6 Å². The molecule has 0 radical (unpaired) electrons. The Morgan fingerprint density at radius 3 is 2.44 bits per heavy atom. The summed E-state index contributed by atoms with van der Waals surface area (Å²) in [5.41, 5.74) is 0.493. The Morgan fingerprint density at radius 1 is 1.06 bits per heavy atom. The fourth-order valence-electron chi connectivity index (χ4n) is 8.78. The maximum atomic E-state index is 12.7. The molecule has 36 heavy (non-hydrogen) atoms. The SMILES string of the molecule is CC(=O)[C@H]1CC[C@H]2[C@@H]3CCC4=CC(=O)CC[C@]4(C)[C@H]3[C@H](O[C@@H]3O[C@H](C(=O)O)[C@@H](O)[C@H](O)[C@H]3O)C[C@]12C. The lowest BCUT2D eigenvalue weighted by molar-refractivity contribution is -0.320. The first-order chi connectivity index (χ1) is 16.9. The van der Waals surface area contributed by atoms with Gasteiger partial charge < -0.3 is 29.9 Å². The molecule has 12 atom stereocenters. The highest BCUT2D eigenvalue weighted by Gasteiger charge is 2.64. The lowest BCUT2D eigenvalue weighted by Gasteiger charge is -2.61. The van der Waals surface area contributed by atoms with Crippen molar-refractivity contribution in [3.8, 4) is 0 Å². The summed E-state index contributed by atoms with van der Waals surface area (Å²) in [7, 11) is 0. The number of aliphatic hydroxyl groups is 3. The molecule has 4 aliphatic carbocycles. The predicted molar refractivity (Wildman–Crippen MR) is 125 cm³/mol. The Kier molecular flexibility index (Phi) is 6.48. The van der Waals surface area contributed by atoms with Crippen LogP contribution in [-0.2, 0) is 23.9 Å². The Balaban J connectivity index is 1.53. The molecule has 1 saturated heterocycles. The number of ketones is 2. The molecule has 9 nitrogen and oxygen atoms in total. The minimum Gasteiger partial charge on any atom is -0.479 e. The standard InChI is InChI=1S/C27H38O9/c1-12(28)16-6-7-17-15-5-4-13-10-14(29)8-9-26(13,2)19(15)18(11-27(16,17)3)35-25-22(32)20(30)21(31)23(36-25)24(33)34/h10,15-23,25,30-32H,4-9,11H2,1-3H3,(H,33,34)/t15-,16+,17-,18+,19+,20-,21-,22+,23-,25+,26-,27+/m0/s1. The molecule has 3 saturated carbocycles. The summed E-state index contributed by atoms with van der Waals surface area (Å²) >= 11 is 0. The van der Waals surface area contributed by atoms with E-state index < -0.39 is 42.8 Å². The van der Waals surface area contributed by atoms with Crippen LogP contribution in [0.1, 0.15) is 65.7 Å². The number of carbonyl (C=O) groups excluding carboxylic acids is 2. The van der Waals surface area contributed by atoms with Gasteiger partial charge in [0.25, 0.3) is 0 Å². The number of carboxylic acid groups (broad SMARTS) is 1. The van der Waals surface area contributed by atoms with Crippen LogP contribution in [0.4, 0.5) is 0 Å². The van der Waals surface area contributed by atoms with E-state index in [0.717, 1.165) is 31.3 Å². The topological polar surface area (TPSA) is 151 Å². The minimum atomic E-state index is -1.79. The average Bonchev–Trinajstić information content (AvgIpc) is 3.16. The number of aliphatic hydroxyl groups excluding tert-OH is 3. The Bertz CT molecular complexity index is 976. The van der Waals surface area contributed by atoms with Crippen LogP contribution in [0.25, 0.3) is 0 Å². The summed E-state index contributed by atoms with van der Waals surface area (Å²) in [6.07, 6.45) is -1.93. The first kappa shape index (κ1) is 26.0. The lowest BCUT2D eigenvalue weighted by Crippen LogP contribution is -2.63. The predicted octanol–water partition coefficient (Wildman–Crippen LogP) is 1.61. The van der Waals surface area contributed by atoms with Crippen molar-refractivity contribution in [3.05, 3.63) is 11.6 Å². The zero-order valence-electron chi connectivity index (χ0n) is 21.1. The molecular weight excluding hydrogens is 468 g/mol. The molecule has 1 aliphatic heterocycles. The number of hydrogen-bond donors (Lipinski definition) is 4. The highest BCUT2D eigenvalue weighted by molar-refractivity contribution is 5.91. The average molecular weight is 507 g/mol. The second-order valence-electron chi connectivity index (χ2n) is 12.2. The van der Waals surface area contributed by atoms with Crippen LogP contribution in [0.2, 0.25) is 0 Å². The minimum absolute atomic E-state index is 0.0162. The van der Waals surface area contributed by atoms with Crippen molar-refractivity contribution < 1.29 is 44.3 Å². The second-order valence-corrected chi connectivity index (χ2v) is 12.2. The molecule has 1 heterocycles. The Morgan fingerprint density at radius 2 is 1.78 bits per heavy atom. The first-order valence-electron chi connectivity index (χ1n) is 13.2. The molecule has 9 heteroatoms. The molecule has 4 N–H and O–H groups in total. The summed E-state index contributed by atoms with van der Waals surface area (Å²) in [6, 6.07) is 0. The van der Waals surface area contributed by atoms with Gasteiger partial charge in [-0.15, -0.1) is 0 Å². The number of ether oxygens (including phenoxy) is 2. The van der Waals surface area contributed by atoms with Crippen molar-refractivity contribution in [1.29, 1.82) is 0 Å². The van der Waals surface area contributed by atoms with Gasteiger partial charge in [-0.05, 0) is 80.1 Å². The third kappa shape index (κ3) is 3.81. The molecule has 0 unspecified atom stereocenters. The molecule has 200 valence electrons. The quantitative estimate of drug-likeness (QED) is 0.446. The molecule has 0 bridgehead atoms. The number of fused-ring (bicyclic) bond motifs is 5. The molecule has 0 spiro atoms. The normalized spacial score (nSPS) is 50.5. The van der Waals surface area contributed by atoms with E-state index in [9.17, 15) is 34.8 Å². The van der Waals surface area contributed by atoms with Crippen LogP contribution >= 0.6 is 0 Å². The van der Waals surface area contributed by atoms with Crippen LogP contribution in [0.3, 0.4) is 0 Å². The fraction of sp³-hybridized carbons (Fsp3) is 0.815. The largest absolute Gasteiger partial charge is 0.479 e. The molecular formula is C27H38O9. The number of allylic oxidation sites excluding steroid dienone is 1. The van der Waals surface area contributed by atoms with Gasteiger partial charge in [-0.2, -0.15) is 0 Å². The van der Waals surface area contributed by atoms with Crippen molar-refractivity contribution in [2.75, 3.05) is 0 Å². The highest BCUT2D eigenvalue weighted by atomic mass is 16.7. The smallest absolute Gasteiger partial charge is 0.335 e. The Labute approximate surface area is 210 Å².